The molecule has 0 aromatic carbocycles. The topological polar surface area (TPSA) is 49.3 Å². The van der Waals surface area contributed by atoms with E-state index in [-0.39, 0.29) is 18.6 Å². The van der Waals surface area contributed by atoms with E-state index in [1.165, 1.54) is 64.2 Å². The summed E-state index contributed by atoms with van der Waals surface area (Å²) in [5.41, 5.74) is 0. The van der Waals surface area contributed by atoms with Crippen LogP contribution in [0.15, 0.2) is 0 Å². The van der Waals surface area contributed by atoms with Gasteiger partial charge in [-0.3, -0.25) is 4.79 Å². The van der Waals surface area contributed by atoms with Crippen molar-refractivity contribution >= 4 is 5.91 Å². The van der Waals surface area contributed by atoms with Gasteiger partial charge in [-0.25, -0.2) is 0 Å². The second kappa shape index (κ2) is 15.8. The lowest BCUT2D eigenvalue weighted by Crippen LogP contribution is -2.34. The van der Waals surface area contributed by atoms with E-state index in [9.17, 15) is 4.79 Å². The standard InChI is InChI=1S/C18H37NO2/c1-3-4-5-6-7-8-9-10-11-12-13-14-15-18(21)19-17(2)16-20/h17,20H,3-16H2,1-2H3,(H,19,21). The Morgan fingerprint density at radius 2 is 1.29 bits per heavy atom. The first-order chi connectivity index (χ1) is 10.2. The first-order valence-corrected chi connectivity index (χ1v) is 9.11. The van der Waals surface area contributed by atoms with Gasteiger partial charge in [0.05, 0.1) is 6.61 Å². The number of carbonyl (C=O) groups is 1. The molecule has 3 nitrogen and oxygen atoms in total. The van der Waals surface area contributed by atoms with E-state index in [1.54, 1.807) is 0 Å². The molecule has 3 heteroatoms. The van der Waals surface area contributed by atoms with Crippen LogP contribution in [0.2, 0.25) is 0 Å². The molecule has 0 rings (SSSR count). The van der Waals surface area contributed by atoms with E-state index >= 15 is 0 Å². The van der Waals surface area contributed by atoms with Crippen LogP contribution in [0.5, 0.6) is 0 Å². The summed E-state index contributed by atoms with van der Waals surface area (Å²) in [6.45, 7) is 4.10. The summed E-state index contributed by atoms with van der Waals surface area (Å²) in [5.74, 6) is 0.0728. The van der Waals surface area contributed by atoms with Gasteiger partial charge < -0.3 is 10.4 Å². The Bertz CT molecular complexity index is 231. The highest BCUT2D eigenvalue weighted by Crippen LogP contribution is 2.12. The molecule has 0 bridgehead atoms. The average Bonchev–Trinajstić information content (AvgIpc) is 2.48. The monoisotopic (exact) mass is 299 g/mol. The molecule has 0 aromatic rings. The quantitative estimate of drug-likeness (QED) is 0.435. The van der Waals surface area contributed by atoms with Crippen LogP contribution in [-0.2, 0) is 4.79 Å². The summed E-state index contributed by atoms with van der Waals surface area (Å²) in [4.78, 5) is 11.5. The molecule has 0 aliphatic heterocycles. The maximum atomic E-state index is 11.5. The van der Waals surface area contributed by atoms with E-state index < -0.39 is 0 Å². The number of nitrogens with one attached hydrogen (secondary N) is 1. The van der Waals surface area contributed by atoms with Crippen LogP contribution < -0.4 is 5.32 Å². The third kappa shape index (κ3) is 15.6. The van der Waals surface area contributed by atoms with E-state index in [0.29, 0.717) is 6.42 Å². The van der Waals surface area contributed by atoms with Crippen LogP contribution in [0, 0.1) is 0 Å². The molecule has 0 aliphatic rings. The third-order valence-corrected chi connectivity index (χ3v) is 3.94. The van der Waals surface area contributed by atoms with Crippen molar-refractivity contribution in [3.8, 4) is 0 Å². The molecule has 0 radical (unpaired) electrons. The summed E-state index contributed by atoms with van der Waals surface area (Å²) in [6.07, 6.45) is 16.4. The van der Waals surface area contributed by atoms with Crippen molar-refractivity contribution in [2.24, 2.45) is 0 Å². The maximum absolute atomic E-state index is 11.5. The van der Waals surface area contributed by atoms with Crippen LogP contribution in [0.1, 0.15) is 97.3 Å². The van der Waals surface area contributed by atoms with Gasteiger partial charge in [-0.1, -0.05) is 77.6 Å². The number of aliphatic hydroxyl groups is 1. The van der Waals surface area contributed by atoms with Crippen LogP contribution in [0.4, 0.5) is 0 Å². The summed E-state index contributed by atoms with van der Waals surface area (Å²) < 4.78 is 0. The van der Waals surface area contributed by atoms with Gasteiger partial charge in [0.25, 0.3) is 0 Å². The molecule has 2 N–H and O–H groups in total. The molecule has 1 amide bonds. The van der Waals surface area contributed by atoms with Gasteiger partial charge in [0.15, 0.2) is 0 Å². The first kappa shape index (κ1) is 20.4. The highest BCUT2D eigenvalue weighted by molar-refractivity contribution is 5.76. The Kier molecular flexibility index (Phi) is 15.4. The predicted octanol–water partition coefficient (Wildman–Crippen LogP) is 4.57. The minimum Gasteiger partial charge on any atom is -0.394 e. The molecule has 0 spiro atoms. The lowest BCUT2D eigenvalue weighted by Gasteiger charge is -2.10. The minimum absolute atomic E-state index is 0.0180. The van der Waals surface area contributed by atoms with Gasteiger partial charge in [-0.15, -0.1) is 0 Å². The maximum Gasteiger partial charge on any atom is 0.220 e. The number of hydrogen-bond acceptors (Lipinski definition) is 2. The molecular formula is C18H37NO2. The molecule has 21 heavy (non-hydrogen) atoms. The fourth-order valence-corrected chi connectivity index (χ4v) is 2.52. The molecule has 1 atom stereocenters. The smallest absolute Gasteiger partial charge is 0.220 e. The molecule has 0 aliphatic carbocycles. The van der Waals surface area contributed by atoms with Gasteiger partial charge >= 0.3 is 0 Å². The Labute approximate surface area is 131 Å². The van der Waals surface area contributed by atoms with Gasteiger partial charge in [0, 0.05) is 12.5 Å². The molecule has 0 fully saturated rings. The molecule has 0 saturated carbocycles. The number of hydrogen-bond donors (Lipinski definition) is 2. The number of unbranched alkanes of at least 4 members (excludes halogenated alkanes) is 11. The predicted molar refractivity (Wildman–Crippen MR) is 90.4 cm³/mol. The summed E-state index contributed by atoms with van der Waals surface area (Å²) in [6, 6.07) is -0.116. The molecule has 126 valence electrons. The molecule has 0 heterocycles. The summed E-state index contributed by atoms with van der Waals surface area (Å²) in [7, 11) is 0. The highest BCUT2D eigenvalue weighted by atomic mass is 16.3. The fourth-order valence-electron chi connectivity index (χ4n) is 2.52. The van der Waals surface area contributed by atoms with Crippen molar-refractivity contribution in [3.05, 3.63) is 0 Å². The van der Waals surface area contributed by atoms with Gasteiger partial charge in [0.1, 0.15) is 0 Å². The number of rotatable bonds is 15. The van der Waals surface area contributed by atoms with Crippen molar-refractivity contribution in [3.63, 3.8) is 0 Å². The molecule has 0 saturated heterocycles. The van der Waals surface area contributed by atoms with Crippen LogP contribution in [0.3, 0.4) is 0 Å². The van der Waals surface area contributed by atoms with Crippen molar-refractivity contribution in [1.29, 1.82) is 0 Å². The normalized spacial score (nSPS) is 12.3. The Morgan fingerprint density at radius 3 is 1.71 bits per heavy atom. The SMILES string of the molecule is CCCCCCCCCCCCCCC(=O)NC(C)CO. The Hall–Kier alpha value is -0.570. The molecule has 1 unspecified atom stereocenters. The van der Waals surface area contributed by atoms with Gasteiger partial charge in [0.2, 0.25) is 5.91 Å². The lowest BCUT2D eigenvalue weighted by molar-refractivity contribution is -0.122. The summed E-state index contributed by atoms with van der Waals surface area (Å²) >= 11 is 0. The van der Waals surface area contributed by atoms with E-state index in [4.69, 9.17) is 5.11 Å². The van der Waals surface area contributed by atoms with Crippen molar-refractivity contribution in [2.45, 2.75) is 103 Å². The number of carbonyl (C=O) groups excluding carboxylic acids is 1. The lowest BCUT2D eigenvalue weighted by atomic mass is 10.0. The third-order valence-electron chi connectivity index (χ3n) is 3.94. The number of amides is 1. The largest absolute Gasteiger partial charge is 0.394 e. The first-order valence-electron chi connectivity index (χ1n) is 9.11. The van der Waals surface area contributed by atoms with Crippen LogP contribution in [0.25, 0.3) is 0 Å². The second-order valence-electron chi connectivity index (χ2n) is 6.29. The van der Waals surface area contributed by atoms with Crippen molar-refractivity contribution < 1.29 is 9.90 Å². The Morgan fingerprint density at radius 1 is 0.857 bits per heavy atom. The van der Waals surface area contributed by atoms with Gasteiger partial charge in [-0.05, 0) is 13.3 Å². The van der Waals surface area contributed by atoms with Crippen molar-refractivity contribution in [1.82, 2.24) is 5.32 Å². The fraction of sp³-hybridized carbons (Fsp3) is 0.944. The zero-order valence-electron chi connectivity index (χ0n) is 14.3. The zero-order chi connectivity index (χ0) is 15.8. The minimum atomic E-state index is -0.116. The molecule has 0 aromatic heterocycles. The Balaban J connectivity index is 3.13. The highest BCUT2D eigenvalue weighted by Gasteiger charge is 2.05. The van der Waals surface area contributed by atoms with E-state index in [2.05, 4.69) is 12.2 Å². The van der Waals surface area contributed by atoms with Crippen LogP contribution in [-0.4, -0.2) is 23.7 Å². The van der Waals surface area contributed by atoms with E-state index in [1.807, 2.05) is 6.92 Å². The summed E-state index contributed by atoms with van der Waals surface area (Å²) in [5, 5.41) is 11.6. The number of aliphatic hydroxyl groups excluding tert-OH is 1. The average molecular weight is 299 g/mol. The zero-order valence-corrected chi connectivity index (χ0v) is 14.3. The molecular weight excluding hydrogens is 262 g/mol. The van der Waals surface area contributed by atoms with Crippen LogP contribution >= 0.6 is 0 Å². The van der Waals surface area contributed by atoms with E-state index in [0.717, 1.165) is 12.8 Å². The van der Waals surface area contributed by atoms with Gasteiger partial charge in [-0.2, -0.15) is 0 Å². The second-order valence-corrected chi connectivity index (χ2v) is 6.29. The van der Waals surface area contributed by atoms with Crippen molar-refractivity contribution in [2.75, 3.05) is 6.61 Å².